The third-order valence-electron chi connectivity index (χ3n) is 5.77. The molecule has 1 heterocycles. The lowest BCUT2D eigenvalue weighted by Crippen LogP contribution is -2.36. The molecular formula is C25H26N2O6S. The van der Waals surface area contributed by atoms with E-state index in [1.807, 2.05) is 18.2 Å². The maximum Gasteiger partial charge on any atom is 0.259 e. The molecule has 4 rings (SSSR count). The molecule has 9 heteroatoms. The average molecular weight is 483 g/mol. The van der Waals surface area contributed by atoms with E-state index in [1.54, 1.807) is 42.5 Å². The van der Waals surface area contributed by atoms with Crippen molar-refractivity contribution in [3.8, 4) is 17.2 Å². The molecule has 1 aliphatic rings. The molecule has 34 heavy (non-hydrogen) atoms. The lowest BCUT2D eigenvalue weighted by Gasteiger charge is -2.28. The second-order valence-corrected chi connectivity index (χ2v) is 9.66. The van der Waals surface area contributed by atoms with Crippen LogP contribution in [0, 0.1) is 0 Å². The highest BCUT2D eigenvalue weighted by atomic mass is 32.2. The van der Waals surface area contributed by atoms with Crippen molar-refractivity contribution >= 4 is 21.6 Å². The SMILES string of the molecule is COc1ccc(C(=O)Nc2ccc3c(c2)CN(S(=O)(=O)c2ccccc2)CC3)c(OC)c1OC. The van der Waals surface area contributed by atoms with Gasteiger partial charge in [0.05, 0.1) is 31.8 Å². The highest BCUT2D eigenvalue weighted by molar-refractivity contribution is 7.89. The van der Waals surface area contributed by atoms with Crippen molar-refractivity contribution in [3.63, 3.8) is 0 Å². The average Bonchev–Trinajstić information content (AvgIpc) is 2.87. The summed E-state index contributed by atoms with van der Waals surface area (Å²) in [7, 11) is 0.828. The Labute approximate surface area is 199 Å². The van der Waals surface area contributed by atoms with Gasteiger partial charge in [0.15, 0.2) is 11.5 Å². The predicted molar refractivity (Wildman–Crippen MR) is 128 cm³/mol. The van der Waals surface area contributed by atoms with Gasteiger partial charge in [0, 0.05) is 18.8 Å². The van der Waals surface area contributed by atoms with Crippen LogP contribution in [0.5, 0.6) is 17.2 Å². The first-order chi connectivity index (χ1) is 16.4. The molecule has 1 amide bonds. The van der Waals surface area contributed by atoms with Crippen molar-refractivity contribution in [2.24, 2.45) is 0 Å². The zero-order valence-corrected chi connectivity index (χ0v) is 20.0. The minimum atomic E-state index is -3.60. The number of sulfonamides is 1. The second-order valence-electron chi connectivity index (χ2n) is 7.72. The topological polar surface area (TPSA) is 94.2 Å². The first-order valence-corrected chi connectivity index (χ1v) is 12.1. The Morgan fingerprint density at radius 2 is 1.62 bits per heavy atom. The molecule has 1 aliphatic heterocycles. The first kappa shape index (κ1) is 23.6. The minimum Gasteiger partial charge on any atom is -0.493 e. The standard InChI is InChI=1S/C25H26N2O6S/c1-31-22-12-11-21(23(32-2)24(22)33-3)25(28)26-19-10-9-17-13-14-27(16-18(17)15-19)34(29,30)20-7-5-4-6-8-20/h4-12,15H,13-14,16H2,1-3H3,(H,26,28). The summed E-state index contributed by atoms with van der Waals surface area (Å²) in [6, 6.07) is 17.2. The summed E-state index contributed by atoms with van der Waals surface area (Å²) in [6.45, 7) is 0.634. The van der Waals surface area contributed by atoms with E-state index in [1.165, 1.54) is 25.6 Å². The fraction of sp³-hybridized carbons (Fsp3) is 0.240. The smallest absolute Gasteiger partial charge is 0.259 e. The van der Waals surface area contributed by atoms with Crippen LogP contribution >= 0.6 is 0 Å². The molecule has 3 aromatic rings. The number of anilines is 1. The van der Waals surface area contributed by atoms with E-state index in [4.69, 9.17) is 14.2 Å². The number of benzene rings is 3. The van der Waals surface area contributed by atoms with Crippen LogP contribution < -0.4 is 19.5 Å². The minimum absolute atomic E-state index is 0.232. The van der Waals surface area contributed by atoms with Crippen LogP contribution in [-0.2, 0) is 23.0 Å². The molecule has 0 atom stereocenters. The molecule has 0 fully saturated rings. The van der Waals surface area contributed by atoms with Gasteiger partial charge in [0.1, 0.15) is 0 Å². The van der Waals surface area contributed by atoms with Gasteiger partial charge >= 0.3 is 0 Å². The number of nitrogens with one attached hydrogen (secondary N) is 1. The summed E-state index contributed by atoms with van der Waals surface area (Å²) >= 11 is 0. The van der Waals surface area contributed by atoms with E-state index in [0.717, 1.165) is 11.1 Å². The summed E-state index contributed by atoms with van der Waals surface area (Å²) < 4.78 is 43.6. The second kappa shape index (κ2) is 9.74. The maximum absolute atomic E-state index is 13.0. The van der Waals surface area contributed by atoms with Gasteiger partial charge in [0.2, 0.25) is 15.8 Å². The Balaban J connectivity index is 1.58. The van der Waals surface area contributed by atoms with E-state index in [-0.39, 0.29) is 28.7 Å². The molecule has 0 radical (unpaired) electrons. The third kappa shape index (κ3) is 4.44. The lowest BCUT2D eigenvalue weighted by atomic mass is 10.0. The number of hydrogen-bond acceptors (Lipinski definition) is 6. The fourth-order valence-electron chi connectivity index (χ4n) is 4.03. The number of rotatable bonds is 7. The summed E-state index contributed by atoms with van der Waals surface area (Å²) in [5.74, 6) is 0.647. The van der Waals surface area contributed by atoms with E-state index >= 15 is 0 Å². The number of carbonyl (C=O) groups excluding carboxylic acids is 1. The van der Waals surface area contributed by atoms with Gasteiger partial charge < -0.3 is 19.5 Å². The highest BCUT2D eigenvalue weighted by Gasteiger charge is 2.28. The quantitative estimate of drug-likeness (QED) is 0.552. The number of amides is 1. The highest BCUT2D eigenvalue weighted by Crippen LogP contribution is 2.40. The molecule has 3 aromatic carbocycles. The van der Waals surface area contributed by atoms with Crippen molar-refractivity contribution < 1.29 is 27.4 Å². The molecule has 0 saturated carbocycles. The van der Waals surface area contributed by atoms with Crippen LogP contribution in [0.3, 0.4) is 0 Å². The van der Waals surface area contributed by atoms with Gasteiger partial charge in [-0.2, -0.15) is 4.31 Å². The van der Waals surface area contributed by atoms with Gasteiger partial charge in [-0.25, -0.2) is 8.42 Å². The van der Waals surface area contributed by atoms with E-state index in [9.17, 15) is 13.2 Å². The van der Waals surface area contributed by atoms with Crippen molar-refractivity contribution in [2.75, 3.05) is 33.2 Å². The molecule has 178 valence electrons. The Kier molecular flexibility index (Phi) is 6.76. The third-order valence-corrected chi connectivity index (χ3v) is 7.63. The molecule has 8 nitrogen and oxygen atoms in total. The molecule has 0 saturated heterocycles. The summed E-state index contributed by atoms with van der Waals surface area (Å²) in [5.41, 5.74) is 2.75. The molecule has 0 bridgehead atoms. The Morgan fingerprint density at radius 3 is 2.29 bits per heavy atom. The van der Waals surface area contributed by atoms with Crippen molar-refractivity contribution in [1.82, 2.24) is 4.31 Å². The van der Waals surface area contributed by atoms with E-state index in [0.29, 0.717) is 30.2 Å². The lowest BCUT2D eigenvalue weighted by molar-refractivity contribution is 0.102. The number of hydrogen-bond donors (Lipinski definition) is 1. The van der Waals surface area contributed by atoms with Crippen LogP contribution in [0.2, 0.25) is 0 Å². The Morgan fingerprint density at radius 1 is 0.882 bits per heavy atom. The van der Waals surface area contributed by atoms with Crippen LogP contribution in [0.15, 0.2) is 65.6 Å². The van der Waals surface area contributed by atoms with Gasteiger partial charge in [-0.15, -0.1) is 0 Å². The van der Waals surface area contributed by atoms with Crippen molar-refractivity contribution in [1.29, 1.82) is 0 Å². The van der Waals surface area contributed by atoms with Crippen LogP contribution in [0.1, 0.15) is 21.5 Å². The molecule has 0 spiro atoms. The normalized spacial score (nSPS) is 13.6. The van der Waals surface area contributed by atoms with Crippen LogP contribution in [-0.4, -0.2) is 46.5 Å². The van der Waals surface area contributed by atoms with E-state index < -0.39 is 10.0 Å². The maximum atomic E-state index is 13.0. The van der Waals surface area contributed by atoms with E-state index in [2.05, 4.69) is 5.32 Å². The largest absolute Gasteiger partial charge is 0.493 e. The molecular weight excluding hydrogens is 456 g/mol. The number of methoxy groups -OCH3 is 3. The summed E-state index contributed by atoms with van der Waals surface area (Å²) in [5, 5.41) is 2.87. The predicted octanol–water partition coefficient (Wildman–Crippen LogP) is 3.71. The van der Waals surface area contributed by atoms with Crippen LogP contribution in [0.25, 0.3) is 0 Å². The van der Waals surface area contributed by atoms with Crippen molar-refractivity contribution in [3.05, 3.63) is 77.4 Å². The van der Waals surface area contributed by atoms with Gasteiger partial charge in [-0.3, -0.25) is 4.79 Å². The zero-order valence-electron chi connectivity index (χ0n) is 19.2. The van der Waals surface area contributed by atoms with Gasteiger partial charge in [-0.05, 0) is 53.9 Å². The molecule has 0 unspecified atom stereocenters. The fourth-order valence-corrected chi connectivity index (χ4v) is 5.47. The van der Waals surface area contributed by atoms with Crippen LogP contribution in [0.4, 0.5) is 5.69 Å². The monoisotopic (exact) mass is 482 g/mol. The molecule has 1 N–H and O–H groups in total. The molecule has 0 aliphatic carbocycles. The summed E-state index contributed by atoms with van der Waals surface area (Å²) in [6.07, 6.45) is 0.596. The number of fused-ring (bicyclic) bond motifs is 1. The number of carbonyl (C=O) groups is 1. The Bertz CT molecular complexity index is 1310. The first-order valence-electron chi connectivity index (χ1n) is 10.7. The summed E-state index contributed by atoms with van der Waals surface area (Å²) in [4.78, 5) is 13.3. The Hall–Kier alpha value is -3.56. The number of nitrogens with zero attached hydrogens (tertiary/aromatic N) is 1. The van der Waals surface area contributed by atoms with Gasteiger partial charge in [-0.1, -0.05) is 24.3 Å². The van der Waals surface area contributed by atoms with Gasteiger partial charge in [0.25, 0.3) is 5.91 Å². The van der Waals surface area contributed by atoms with Crippen molar-refractivity contribution in [2.45, 2.75) is 17.9 Å². The zero-order chi connectivity index (χ0) is 24.3. The number of ether oxygens (including phenoxy) is 3. The molecule has 0 aromatic heterocycles.